The minimum atomic E-state index is -2.02. The number of hydrogen-bond donors (Lipinski definition) is 1. The Kier molecular flexibility index (Phi) is 11.4. The number of aryl methyl sites for hydroxylation is 2. The number of esters is 1. The van der Waals surface area contributed by atoms with Gasteiger partial charge in [-0.25, -0.2) is 54.5 Å². The first kappa shape index (κ1) is 42.7. The van der Waals surface area contributed by atoms with Crippen molar-refractivity contribution in [3.63, 3.8) is 0 Å². The Bertz CT molecular complexity index is 2530. The minimum Gasteiger partial charge on any atom is -0.478 e. The highest BCUT2D eigenvalue weighted by molar-refractivity contribution is 5.67. The van der Waals surface area contributed by atoms with Gasteiger partial charge in [-0.1, -0.05) is 24.3 Å². The topological polar surface area (TPSA) is 126 Å². The second-order valence-electron chi connectivity index (χ2n) is 15.0. The van der Waals surface area contributed by atoms with Gasteiger partial charge >= 0.3 is 5.97 Å². The van der Waals surface area contributed by atoms with Gasteiger partial charge in [-0.05, 0) is 62.8 Å². The molecule has 1 N–H and O–H groups in total. The summed E-state index contributed by atoms with van der Waals surface area (Å²) < 4.78 is 134. The van der Waals surface area contributed by atoms with Gasteiger partial charge < -0.3 is 19.3 Å². The van der Waals surface area contributed by atoms with Crippen molar-refractivity contribution in [2.75, 3.05) is 0 Å². The average Bonchev–Trinajstić information content (AvgIpc) is 4.02. The molecule has 8 rings (SSSR count). The van der Waals surface area contributed by atoms with Crippen LogP contribution in [0.1, 0.15) is 54.9 Å². The standard InChI is InChI=1S/C22H19F4N3O3.C20H17F4N3O2/c1-13-3-4-16(17(24)7-13)22(31-14(2)30,10-29-12-27-11-28-29)21(5-6-21)32-20-18(25)8-15(23)9-19(20)26;1-12-2-3-14(15(22)6-12)20(28,9-27-11-25-10-26-27)19(4-5-19)29-18-16(23)7-13(21)8-17(18)24/h3-4,7-9,11-12H,5-6,10H2,1-2H3;2-3,6-8,10-11,28H,4-5,9H2,1H3. The molecule has 0 bridgehead atoms. The van der Waals surface area contributed by atoms with Crippen LogP contribution in [0.2, 0.25) is 0 Å². The first-order chi connectivity index (χ1) is 28.9. The maximum absolute atomic E-state index is 15.2. The number of benzene rings is 4. The first-order valence-electron chi connectivity index (χ1n) is 18.7. The SMILES string of the molecule is CC(=O)OC(Cn1cncn1)(c1ccc(C)cc1F)C1(Oc2c(F)cc(F)cc2F)CC1.Cc1ccc(C(O)(Cn2cncn2)C2(Oc3c(F)cc(F)cc3F)CC2)c(F)c1. The molecule has 2 heterocycles. The molecule has 11 nitrogen and oxygen atoms in total. The normalized spacial score (nSPS) is 16.7. The monoisotopic (exact) mass is 856 g/mol. The Morgan fingerprint density at radius 2 is 1.07 bits per heavy atom. The minimum absolute atomic E-state index is 0.0470. The molecule has 0 saturated heterocycles. The van der Waals surface area contributed by atoms with E-state index in [1.165, 1.54) is 58.9 Å². The summed E-state index contributed by atoms with van der Waals surface area (Å²) >= 11 is 0. The lowest BCUT2D eigenvalue weighted by Crippen LogP contribution is -2.52. The van der Waals surface area contributed by atoms with Crippen molar-refractivity contribution < 1.29 is 59.2 Å². The summed E-state index contributed by atoms with van der Waals surface area (Å²) in [6, 6.07) is 10.5. The van der Waals surface area contributed by atoms with E-state index >= 15 is 4.39 Å². The molecule has 6 aromatic rings. The van der Waals surface area contributed by atoms with Crippen molar-refractivity contribution in [2.45, 2.75) is 81.9 Å². The van der Waals surface area contributed by atoms with Crippen LogP contribution < -0.4 is 9.47 Å². The van der Waals surface area contributed by atoms with Gasteiger partial charge in [0.15, 0.2) is 51.6 Å². The summed E-state index contributed by atoms with van der Waals surface area (Å²) in [4.78, 5) is 19.9. The molecule has 4 aromatic carbocycles. The zero-order chi connectivity index (χ0) is 43.9. The third-order valence-electron chi connectivity index (χ3n) is 10.6. The Morgan fingerprint density at radius 1 is 0.639 bits per heavy atom. The molecule has 2 atom stereocenters. The number of hydrogen-bond acceptors (Lipinski definition) is 9. The highest BCUT2D eigenvalue weighted by Crippen LogP contribution is 2.57. The molecule has 0 spiro atoms. The van der Waals surface area contributed by atoms with Gasteiger partial charge in [-0.3, -0.25) is 4.79 Å². The zero-order valence-electron chi connectivity index (χ0n) is 32.6. The third-order valence-corrected chi connectivity index (χ3v) is 10.6. The third kappa shape index (κ3) is 8.38. The lowest BCUT2D eigenvalue weighted by Gasteiger charge is -2.40. The lowest BCUT2D eigenvalue weighted by molar-refractivity contribution is -0.180. The van der Waals surface area contributed by atoms with Crippen molar-refractivity contribution in [3.8, 4) is 11.5 Å². The van der Waals surface area contributed by atoms with E-state index in [1.54, 1.807) is 26.0 Å². The molecule has 2 fully saturated rings. The molecule has 2 aromatic heterocycles. The Labute approximate surface area is 342 Å². The van der Waals surface area contributed by atoms with E-state index in [1.807, 2.05) is 0 Å². The number of carbonyl (C=O) groups is 1. The van der Waals surface area contributed by atoms with E-state index in [9.17, 15) is 40.6 Å². The number of ether oxygens (including phenoxy) is 3. The van der Waals surface area contributed by atoms with Crippen LogP contribution in [0, 0.1) is 60.4 Å². The Morgan fingerprint density at radius 3 is 1.46 bits per heavy atom. The zero-order valence-corrected chi connectivity index (χ0v) is 32.6. The molecule has 0 aliphatic heterocycles. The highest BCUT2D eigenvalue weighted by atomic mass is 19.2. The van der Waals surface area contributed by atoms with E-state index in [-0.39, 0.29) is 49.9 Å². The van der Waals surface area contributed by atoms with Crippen LogP contribution in [-0.2, 0) is 33.8 Å². The van der Waals surface area contributed by atoms with Crippen molar-refractivity contribution >= 4 is 5.97 Å². The summed E-state index contributed by atoms with van der Waals surface area (Å²) in [6.07, 6.45) is 5.89. The van der Waals surface area contributed by atoms with Gasteiger partial charge in [0.1, 0.15) is 54.2 Å². The predicted octanol–water partition coefficient (Wildman–Crippen LogP) is 7.86. The molecule has 0 amide bonds. The van der Waals surface area contributed by atoms with E-state index < -0.39 is 86.4 Å². The largest absolute Gasteiger partial charge is 0.478 e. The van der Waals surface area contributed by atoms with E-state index in [4.69, 9.17) is 14.2 Å². The molecule has 0 radical (unpaired) electrons. The van der Waals surface area contributed by atoms with E-state index in [0.717, 1.165) is 6.92 Å². The molecule has 2 aliphatic carbocycles. The molecule has 19 heteroatoms. The fraction of sp³-hybridized carbons (Fsp3) is 0.310. The molecule has 320 valence electrons. The summed E-state index contributed by atoms with van der Waals surface area (Å²) in [6.45, 7) is 4.01. The first-order valence-corrected chi connectivity index (χ1v) is 18.7. The number of carbonyl (C=O) groups excluding carboxylic acids is 1. The van der Waals surface area contributed by atoms with Gasteiger partial charge in [-0.2, -0.15) is 10.2 Å². The lowest BCUT2D eigenvalue weighted by atomic mass is 9.84. The van der Waals surface area contributed by atoms with E-state index in [0.29, 0.717) is 35.4 Å². The predicted molar refractivity (Wildman–Crippen MR) is 197 cm³/mol. The van der Waals surface area contributed by atoms with E-state index in [2.05, 4.69) is 20.2 Å². The molecule has 2 saturated carbocycles. The van der Waals surface area contributed by atoms with Crippen LogP contribution in [0.5, 0.6) is 11.5 Å². The number of aromatic nitrogens is 6. The number of nitrogens with zero attached hydrogens (tertiary/aromatic N) is 6. The molecule has 2 aliphatic rings. The maximum Gasteiger partial charge on any atom is 0.303 e. The molecular formula is C42H36F8N6O5. The summed E-state index contributed by atoms with van der Waals surface area (Å²) in [5, 5.41) is 19.6. The van der Waals surface area contributed by atoms with Crippen LogP contribution >= 0.6 is 0 Å². The van der Waals surface area contributed by atoms with Crippen LogP contribution in [0.3, 0.4) is 0 Å². The summed E-state index contributed by atoms with van der Waals surface area (Å²) in [5.41, 5.74) is -5.84. The second-order valence-corrected chi connectivity index (χ2v) is 15.0. The number of rotatable bonds is 13. The quantitative estimate of drug-likeness (QED) is 0.0913. The van der Waals surface area contributed by atoms with Crippen molar-refractivity contribution in [3.05, 3.63) is 155 Å². The van der Waals surface area contributed by atoms with Crippen molar-refractivity contribution in [2.24, 2.45) is 0 Å². The van der Waals surface area contributed by atoms with Gasteiger partial charge in [0.2, 0.25) is 0 Å². The van der Waals surface area contributed by atoms with Gasteiger partial charge in [0.05, 0.1) is 13.1 Å². The van der Waals surface area contributed by atoms with Gasteiger partial charge in [0.25, 0.3) is 0 Å². The highest BCUT2D eigenvalue weighted by Gasteiger charge is 2.67. The van der Waals surface area contributed by atoms with Crippen LogP contribution in [0.25, 0.3) is 0 Å². The summed E-state index contributed by atoms with van der Waals surface area (Å²) in [7, 11) is 0. The van der Waals surface area contributed by atoms with Gasteiger partial charge in [0, 0.05) is 42.3 Å². The van der Waals surface area contributed by atoms with Crippen LogP contribution in [-0.4, -0.2) is 51.8 Å². The number of aliphatic hydroxyl groups is 1. The summed E-state index contributed by atoms with van der Waals surface area (Å²) in [5.74, 6) is -11.1. The molecule has 2 unspecified atom stereocenters. The van der Waals surface area contributed by atoms with Crippen LogP contribution in [0.15, 0.2) is 86.0 Å². The van der Waals surface area contributed by atoms with Crippen LogP contribution in [0.4, 0.5) is 35.1 Å². The fourth-order valence-electron chi connectivity index (χ4n) is 7.43. The average molecular weight is 857 g/mol. The number of halogens is 8. The Hall–Kier alpha value is -6.37. The maximum atomic E-state index is 15.2. The van der Waals surface area contributed by atoms with Crippen molar-refractivity contribution in [1.29, 1.82) is 0 Å². The molecule has 61 heavy (non-hydrogen) atoms. The van der Waals surface area contributed by atoms with Gasteiger partial charge in [-0.15, -0.1) is 0 Å². The molecular weight excluding hydrogens is 820 g/mol. The Balaban J connectivity index is 0.000000185. The van der Waals surface area contributed by atoms with Crippen molar-refractivity contribution in [1.82, 2.24) is 29.5 Å². The fourth-order valence-corrected chi connectivity index (χ4v) is 7.43. The second kappa shape index (κ2) is 16.2. The smallest absolute Gasteiger partial charge is 0.303 e.